The Balaban J connectivity index is 2.35. The Hall–Kier alpha value is -1.12. The molecule has 104 valence electrons. The number of methoxy groups -OCH3 is 1. The zero-order chi connectivity index (χ0) is 14.2. The van der Waals surface area contributed by atoms with Crippen LogP contribution >= 0.6 is 15.9 Å². The molecule has 2 rings (SSSR count). The van der Waals surface area contributed by atoms with Crippen molar-refractivity contribution in [2.75, 3.05) is 27.4 Å². The zero-order valence-electron chi connectivity index (χ0n) is 10.5. The van der Waals surface area contributed by atoms with Gasteiger partial charge in [-0.3, -0.25) is 4.79 Å². The van der Waals surface area contributed by atoms with Gasteiger partial charge in [0.25, 0.3) is 0 Å². The molecule has 8 heteroatoms. The van der Waals surface area contributed by atoms with Gasteiger partial charge < -0.3 is 9.64 Å². The van der Waals surface area contributed by atoms with E-state index in [9.17, 15) is 13.2 Å². The number of carbonyl (C=O) groups excluding carboxylic acids is 1. The van der Waals surface area contributed by atoms with Crippen LogP contribution in [0.1, 0.15) is 0 Å². The standard InChI is InChI=1S/C11H13BrN2O4S/c1-13-7-14(6-11(13)15)19(16,17)8-3-4-10(18-2)9(12)5-8/h3-5H,6-7H2,1-2H3. The molecule has 0 unspecified atom stereocenters. The van der Waals surface area contributed by atoms with Crippen molar-refractivity contribution in [3.63, 3.8) is 0 Å². The molecule has 1 amide bonds. The third-order valence-corrected chi connectivity index (χ3v) is 5.26. The molecule has 0 radical (unpaired) electrons. The number of halogens is 1. The van der Waals surface area contributed by atoms with Crippen molar-refractivity contribution in [3.8, 4) is 5.75 Å². The number of carbonyl (C=O) groups is 1. The topological polar surface area (TPSA) is 66.9 Å². The number of hydrogen-bond donors (Lipinski definition) is 0. The van der Waals surface area contributed by atoms with Gasteiger partial charge in [-0.1, -0.05) is 0 Å². The fourth-order valence-electron chi connectivity index (χ4n) is 1.75. The highest BCUT2D eigenvalue weighted by molar-refractivity contribution is 9.10. The summed E-state index contributed by atoms with van der Waals surface area (Å²) in [4.78, 5) is 12.9. The predicted molar refractivity (Wildman–Crippen MR) is 72.2 cm³/mol. The molecule has 0 bridgehead atoms. The maximum atomic E-state index is 12.4. The van der Waals surface area contributed by atoms with Gasteiger partial charge >= 0.3 is 0 Å². The van der Waals surface area contributed by atoms with Gasteiger partial charge in [0, 0.05) is 7.05 Å². The molecule has 1 aromatic rings. The van der Waals surface area contributed by atoms with Crippen LogP contribution in [0, 0.1) is 0 Å². The second kappa shape index (κ2) is 5.10. The van der Waals surface area contributed by atoms with E-state index >= 15 is 0 Å². The maximum absolute atomic E-state index is 12.4. The van der Waals surface area contributed by atoms with E-state index in [1.165, 1.54) is 24.1 Å². The smallest absolute Gasteiger partial charge is 0.245 e. The third kappa shape index (κ3) is 2.60. The summed E-state index contributed by atoms with van der Waals surface area (Å²) in [5.74, 6) is 0.338. The Morgan fingerprint density at radius 3 is 2.53 bits per heavy atom. The number of hydrogen-bond acceptors (Lipinski definition) is 4. The average molecular weight is 349 g/mol. The van der Waals surface area contributed by atoms with Crippen molar-refractivity contribution in [1.82, 2.24) is 9.21 Å². The lowest BCUT2D eigenvalue weighted by atomic mass is 10.3. The molecule has 1 fully saturated rings. The first-order valence-corrected chi connectivity index (χ1v) is 7.67. The van der Waals surface area contributed by atoms with E-state index in [-0.39, 0.29) is 24.0 Å². The summed E-state index contributed by atoms with van der Waals surface area (Å²) >= 11 is 3.25. The molecular formula is C11H13BrN2O4S. The lowest BCUT2D eigenvalue weighted by Crippen LogP contribution is -2.30. The van der Waals surface area contributed by atoms with E-state index in [0.717, 1.165) is 4.31 Å². The molecular weight excluding hydrogens is 336 g/mol. The van der Waals surface area contributed by atoms with Crippen molar-refractivity contribution in [2.24, 2.45) is 0 Å². The highest BCUT2D eigenvalue weighted by atomic mass is 79.9. The number of ether oxygens (including phenoxy) is 1. The number of sulfonamides is 1. The quantitative estimate of drug-likeness (QED) is 0.813. The van der Waals surface area contributed by atoms with Crippen LogP contribution in [0.5, 0.6) is 5.75 Å². The lowest BCUT2D eigenvalue weighted by Gasteiger charge is -2.16. The van der Waals surface area contributed by atoms with Crippen LogP contribution in [0.4, 0.5) is 0 Å². The number of amides is 1. The second-order valence-corrected chi connectivity index (χ2v) is 6.94. The largest absolute Gasteiger partial charge is 0.496 e. The first-order chi connectivity index (χ1) is 8.86. The third-order valence-electron chi connectivity index (χ3n) is 2.87. The van der Waals surface area contributed by atoms with Crippen LogP contribution in [-0.4, -0.2) is 50.9 Å². The molecule has 6 nitrogen and oxygen atoms in total. The summed E-state index contributed by atoms with van der Waals surface area (Å²) in [7, 11) is -0.593. The van der Waals surface area contributed by atoms with Crippen molar-refractivity contribution in [3.05, 3.63) is 22.7 Å². The highest BCUT2D eigenvalue weighted by Crippen LogP contribution is 2.29. The minimum Gasteiger partial charge on any atom is -0.496 e. The van der Waals surface area contributed by atoms with E-state index < -0.39 is 10.0 Å². The number of benzene rings is 1. The Morgan fingerprint density at radius 1 is 1.37 bits per heavy atom. The van der Waals surface area contributed by atoms with E-state index in [4.69, 9.17) is 4.74 Å². The van der Waals surface area contributed by atoms with Gasteiger partial charge in [-0.15, -0.1) is 0 Å². The van der Waals surface area contributed by atoms with Crippen molar-refractivity contribution in [2.45, 2.75) is 4.90 Å². The van der Waals surface area contributed by atoms with Gasteiger partial charge in [0.2, 0.25) is 15.9 Å². The normalized spacial score (nSPS) is 17.0. The first-order valence-electron chi connectivity index (χ1n) is 5.44. The Kier molecular flexibility index (Phi) is 3.84. The molecule has 0 aliphatic carbocycles. The maximum Gasteiger partial charge on any atom is 0.245 e. The van der Waals surface area contributed by atoms with Crippen molar-refractivity contribution < 1.29 is 17.9 Å². The van der Waals surface area contributed by atoms with Crippen LogP contribution in [0.15, 0.2) is 27.6 Å². The van der Waals surface area contributed by atoms with E-state index in [1.807, 2.05) is 0 Å². The molecule has 0 spiro atoms. The average Bonchev–Trinajstić information content (AvgIpc) is 2.70. The molecule has 19 heavy (non-hydrogen) atoms. The highest BCUT2D eigenvalue weighted by Gasteiger charge is 2.34. The van der Waals surface area contributed by atoms with Crippen molar-refractivity contribution in [1.29, 1.82) is 0 Å². The molecule has 1 aliphatic rings. The summed E-state index contributed by atoms with van der Waals surface area (Å²) in [6.45, 7) is -0.0483. The fourth-order valence-corrected chi connectivity index (χ4v) is 3.86. The van der Waals surface area contributed by atoms with Gasteiger partial charge in [-0.25, -0.2) is 8.42 Å². The number of nitrogens with zero attached hydrogens (tertiary/aromatic N) is 2. The Morgan fingerprint density at radius 2 is 2.05 bits per heavy atom. The van der Waals surface area contributed by atoms with Gasteiger partial charge in [-0.2, -0.15) is 4.31 Å². The number of rotatable bonds is 3. The van der Waals surface area contributed by atoms with E-state index in [1.54, 1.807) is 13.1 Å². The van der Waals surface area contributed by atoms with Crippen molar-refractivity contribution >= 4 is 31.9 Å². The second-order valence-electron chi connectivity index (χ2n) is 4.14. The van der Waals surface area contributed by atoms with Gasteiger partial charge in [0.15, 0.2) is 0 Å². The van der Waals surface area contributed by atoms with Crippen LogP contribution < -0.4 is 4.74 Å². The van der Waals surface area contributed by atoms with E-state index in [2.05, 4.69) is 15.9 Å². The Labute approximate surface area is 120 Å². The summed E-state index contributed by atoms with van der Waals surface area (Å²) in [5, 5.41) is 0. The fraction of sp³-hybridized carbons (Fsp3) is 0.364. The first kappa shape index (κ1) is 14.3. The summed E-state index contributed by atoms with van der Waals surface area (Å²) in [6.07, 6.45) is 0. The minimum absolute atomic E-state index is 0.0742. The molecule has 1 heterocycles. The van der Waals surface area contributed by atoms with Gasteiger partial charge in [0.05, 0.1) is 29.7 Å². The molecule has 1 aromatic carbocycles. The van der Waals surface area contributed by atoms with Crippen LogP contribution in [-0.2, 0) is 14.8 Å². The van der Waals surface area contributed by atoms with Gasteiger partial charge in [0.1, 0.15) is 5.75 Å². The van der Waals surface area contributed by atoms with Crippen LogP contribution in [0.2, 0.25) is 0 Å². The molecule has 0 aromatic heterocycles. The van der Waals surface area contributed by atoms with Crippen LogP contribution in [0.25, 0.3) is 0 Å². The molecule has 0 N–H and O–H groups in total. The summed E-state index contributed by atoms with van der Waals surface area (Å²) < 4.78 is 31.5. The minimum atomic E-state index is -3.67. The SMILES string of the molecule is COc1ccc(S(=O)(=O)N2CC(=O)N(C)C2)cc1Br. The molecule has 1 saturated heterocycles. The molecule has 1 aliphatic heterocycles. The van der Waals surface area contributed by atoms with Crippen LogP contribution in [0.3, 0.4) is 0 Å². The van der Waals surface area contributed by atoms with Gasteiger partial charge in [-0.05, 0) is 34.1 Å². The monoisotopic (exact) mass is 348 g/mol. The van der Waals surface area contributed by atoms with E-state index in [0.29, 0.717) is 10.2 Å². The molecule has 0 atom stereocenters. The summed E-state index contributed by atoms with van der Waals surface area (Å²) in [6, 6.07) is 4.50. The summed E-state index contributed by atoms with van der Waals surface area (Å²) in [5.41, 5.74) is 0. The lowest BCUT2D eigenvalue weighted by molar-refractivity contribution is -0.125. The number of likely N-dealkylation sites (N-methyl/N-ethyl adjacent to an activating group) is 1. The Bertz CT molecular complexity index is 617. The molecule has 0 saturated carbocycles. The predicted octanol–water partition coefficient (Wildman–Crippen LogP) is 0.878. The zero-order valence-corrected chi connectivity index (χ0v) is 12.9.